The van der Waals surface area contributed by atoms with Crippen molar-refractivity contribution in [2.75, 3.05) is 12.8 Å². The van der Waals surface area contributed by atoms with Gasteiger partial charge >= 0.3 is 0 Å². The molecule has 0 unspecified atom stereocenters. The molecule has 0 spiro atoms. The Labute approximate surface area is 147 Å². The quantitative estimate of drug-likeness (QED) is 0.823. The van der Waals surface area contributed by atoms with Crippen LogP contribution in [-0.2, 0) is 17.1 Å². The standard InChI is InChI=1S/C14H20N4OS.2ClH/c1-10(7-15)16-14(19)8-18-12-6-4-3-5-11(12)17-13(18)9-20-2;;/h3-6,10H,7-9,15H2,1-2H3,(H,16,19);2*1H/t10-;;/m0../s1. The molecule has 1 aromatic carbocycles. The summed E-state index contributed by atoms with van der Waals surface area (Å²) >= 11 is 1.69. The SMILES string of the molecule is CSCc1nc2ccccc2n1CC(=O)N[C@@H](C)CN.Cl.Cl. The third kappa shape index (κ3) is 5.05. The Kier molecular flexibility index (Phi) is 9.51. The molecule has 8 heteroatoms. The molecule has 0 aliphatic heterocycles. The van der Waals surface area contributed by atoms with Crippen LogP contribution in [0.4, 0.5) is 0 Å². The zero-order chi connectivity index (χ0) is 14.5. The minimum atomic E-state index is -0.0338. The van der Waals surface area contributed by atoms with E-state index in [0.29, 0.717) is 6.54 Å². The number of carbonyl (C=O) groups is 1. The molecule has 0 aliphatic carbocycles. The molecule has 1 atom stereocenters. The van der Waals surface area contributed by atoms with E-state index in [2.05, 4.69) is 10.3 Å². The highest BCUT2D eigenvalue weighted by atomic mass is 35.5. The van der Waals surface area contributed by atoms with Crippen molar-refractivity contribution in [2.24, 2.45) is 5.73 Å². The molecule has 2 aromatic rings. The van der Waals surface area contributed by atoms with E-state index in [9.17, 15) is 4.79 Å². The van der Waals surface area contributed by atoms with Gasteiger partial charge in [0.1, 0.15) is 12.4 Å². The molecule has 3 N–H and O–H groups in total. The second kappa shape index (κ2) is 9.94. The van der Waals surface area contributed by atoms with Crippen molar-refractivity contribution in [2.45, 2.75) is 25.3 Å². The van der Waals surface area contributed by atoms with Crippen LogP contribution < -0.4 is 11.1 Å². The molecule has 1 heterocycles. The van der Waals surface area contributed by atoms with Crippen LogP contribution in [-0.4, -0.2) is 34.3 Å². The van der Waals surface area contributed by atoms with E-state index in [0.717, 1.165) is 22.6 Å². The van der Waals surface area contributed by atoms with Crippen LogP contribution in [0.2, 0.25) is 0 Å². The Bertz CT molecular complexity index is 606. The summed E-state index contributed by atoms with van der Waals surface area (Å²) in [6, 6.07) is 7.87. The number of nitrogens with one attached hydrogen (secondary N) is 1. The van der Waals surface area contributed by atoms with Gasteiger partial charge in [-0.1, -0.05) is 12.1 Å². The molecule has 0 saturated heterocycles. The van der Waals surface area contributed by atoms with E-state index in [-0.39, 0.29) is 43.3 Å². The van der Waals surface area contributed by atoms with Crippen LogP contribution >= 0.6 is 36.6 Å². The number of nitrogens with zero attached hydrogens (tertiary/aromatic N) is 2. The first-order valence-corrected chi connectivity index (χ1v) is 7.97. The van der Waals surface area contributed by atoms with Crippen LogP contribution in [0.5, 0.6) is 0 Å². The van der Waals surface area contributed by atoms with Crippen LogP contribution in [0.1, 0.15) is 12.7 Å². The third-order valence-electron chi connectivity index (χ3n) is 3.07. The number of amides is 1. The summed E-state index contributed by atoms with van der Waals surface area (Å²) in [5, 5.41) is 2.88. The van der Waals surface area contributed by atoms with Gasteiger partial charge in [0, 0.05) is 12.6 Å². The highest BCUT2D eigenvalue weighted by Crippen LogP contribution is 2.18. The molecule has 124 valence electrons. The van der Waals surface area contributed by atoms with Crippen LogP contribution in [0.25, 0.3) is 11.0 Å². The van der Waals surface area contributed by atoms with E-state index in [1.807, 2.05) is 42.0 Å². The number of rotatable bonds is 6. The number of hydrogen-bond acceptors (Lipinski definition) is 4. The number of hydrogen-bond donors (Lipinski definition) is 2. The molecule has 0 radical (unpaired) electrons. The number of nitrogens with two attached hydrogens (primary N) is 1. The highest BCUT2D eigenvalue weighted by molar-refractivity contribution is 7.97. The molecule has 0 saturated carbocycles. The van der Waals surface area contributed by atoms with Crippen LogP contribution in [0.3, 0.4) is 0 Å². The molecule has 1 aromatic heterocycles. The minimum Gasteiger partial charge on any atom is -0.351 e. The number of carbonyl (C=O) groups excluding carboxylic acids is 1. The van der Waals surface area contributed by atoms with Gasteiger partial charge in [-0.2, -0.15) is 11.8 Å². The van der Waals surface area contributed by atoms with Gasteiger partial charge in [0.05, 0.1) is 16.8 Å². The smallest absolute Gasteiger partial charge is 0.240 e. The summed E-state index contributed by atoms with van der Waals surface area (Å²) in [5.41, 5.74) is 7.44. The summed E-state index contributed by atoms with van der Waals surface area (Å²) in [6.07, 6.45) is 2.03. The Morgan fingerprint density at radius 2 is 2.09 bits per heavy atom. The molecule has 0 bridgehead atoms. The molecular weight excluding hydrogens is 343 g/mol. The molecular formula is C14H22Cl2N4OS. The van der Waals surface area contributed by atoms with Gasteiger partial charge in [-0.25, -0.2) is 4.98 Å². The Balaban J connectivity index is 0.00000220. The van der Waals surface area contributed by atoms with Crippen molar-refractivity contribution < 1.29 is 4.79 Å². The van der Waals surface area contributed by atoms with Gasteiger partial charge in [-0.15, -0.1) is 24.8 Å². The summed E-state index contributed by atoms with van der Waals surface area (Å²) in [6.45, 7) is 2.61. The lowest BCUT2D eigenvalue weighted by Gasteiger charge is -2.13. The van der Waals surface area contributed by atoms with Gasteiger partial charge in [0.2, 0.25) is 5.91 Å². The van der Waals surface area contributed by atoms with Gasteiger partial charge in [0.25, 0.3) is 0 Å². The number of thioether (sulfide) groups is 1. The molecule has 22 heavy (non-hydrogen) atoms. The van der Waals surface area contributed by atoms with Crippen molar-refractivity contribution in [3.05, 3.63) is 30.1 Å². The van der Waals surface area contributed by atoms with Gasteiger partial charge in [-0.3, -0.25) is 4.79 Å². The fourth-order valence-corrected chi connectivity index (χ4v) is 2.54. The number of benzene rings is 1. The predicted molar refractivity (Wildman–Crippen MR) is 98.1 cm³/mol. The molecule has 2 rings (SSSR count). The second-order valence-electron chi connectivity index (χ2n) is 4.74. The first-order chi connectivity index (χ1) is 9.65. The monoisotopic (exact) mass is 364 g/mol. The number of halogens is 2. The number of para-hydroxylation sites is 2. The lowest BCUT2D eigenvalue weighted by molar-refractivity contribution is -0.122. The maximum absolute atomic E-state index is 12.1. The van der Waals surface area contributed by atoms with E-state index in [4.69, 9.17) is 5.73 Å². The largest absolute Gasteiger partial charge is 0.351 e. The zero-order valence-electron chi connectivity index (χ0n) is 12.6. The molecule has 1 amide bonds. The second-order valence-corrected chi connectivity index (χ2v) is 5.61. The fourth-order valence-electron chi connectivity index (χ4n) is 2.06. The maximum Gasteiger partial charge on any atom is 0.240 e. The number of fused-ring (bicyclic) bond motifs is 1. The summed E-state index contributed by atoms with van der Waals surface area (Å²) in [7, 11) is 0. The Morgan fingerprint density at radius 1 is 1.41 bits per heavy atom. The van der Waals surface area contributed by atoms with Crippen molar-refractivity contribution in [3.63, 3.8) is 0 Å². The first kappa shape index (κ1) is 21.0. The average Bonchev–Trinajstić information content (AvgIpc) is 2.77. The minimum absolute atomic E-state index is 0. The topological polar surface area (TPSA) is 72.9 Å². The first-order valence-electron chi connectivity index (χ1n) is 6.58. The van der Waals surface area contributed by atoms with Crippen molar-refractivity contribution >= 4 is 53.5 Å². The summed E-state index contributed by atoms with van der Waals surface area (Å²) in [5.74, 6) is 1.68. The summed E-state index contributed by atoms with van der Waals surface area (Å²) < 4.78 is 1.98. The van der Waals surface area contributed by atoms with Crippen molar-refractivity contribution in [3.8, 4) is 0 Å². The summed E-state index contributed by atoms with van der Waals surface area (Å²) in [4.78, 5) is 16.7. The highest BCUT2D eigenvalue weighted by Gasteiger charge is 2.14. The molecule has 0 fully saturated rings. The van der Waals surface area contributed by atoms with Crippen molar-refractivity contribution in [1.82, 2.24) is 14.9 Å². The Morgan fingerprint density at radius 3 is 2.73 bits per heavy atom. The van der Waals surface area contributed by atoms with Gasteiger partial charge in [-0.05, 0) is 25.3 Å². The lowest BCUT2D eigenvalue weighted by atomic mass is 10.3. The lowest BCUT2D eigenvalue weighted by Crippen LogP contribution is -2.39. The van der Waals surface area contributed by atoms with Crippen molar-refractivity contribution in [1.29, 1.82) is 0 Å². The van der Waals surface area contributed by atoms with Crippen LogP contribution in [0, 0.1) is 0 Å². The number of aromatic nitrogens is 2. The van der Waals surface area contributed by atoms with E-state index < -0.39 is 0 Å². The van der Waals surface area contributed by atoms with Crippen LogP contribution in [0.15, 0.2) is 24.3 Å². The molecule has 0 aliphatic rings. The fraction of sp³-hybridized carbons (Fsp3) is 0.429. The van der Waals surface area contributed by atoms with E-state index in [1.165, 1.54) is 0 Å². The number of imidazole rings is 1. The molecule has 5 nitrogen and oxygen atoms in total. The van der Waals surface area contributed by atoms with Gasteiger partial charge in [0.15, 0.2) is 0 Å². The maximum atomic E-state index is 12.1. The third-order valence-corrected chi connectivity index (χ3v) is 3.62. The van der Waals surface area contributed by atoms with Gasteiger partial charge < -0.3 is 15.6 Å². The average molecular weight is 365 g/mol. The predicted octanol–water partition coefficient (Wildman–Crippen LogP) is 2.21. The van der Waals surface area contributed by atoms with E-state index >= 15 is 0 Å². The normalized spacial score (nSPS) is 11.4. The van der Waals surface area contributed by atoms with E-state index in [1.54, 1.807) is 11.8 Å². The zero-order valence-corrected chi connectivity index (χ0v) is 15.1. The Hall–Kier alpha value is -0.950.